The van der Waals surface area contributed by atoms with E-state index < -0.39 is 0 Å². The van der Waals surface area contributed by atoms with Crippen molar-refractivity contribution in [1.29, 1.82) is 0 Å². The first-order chi connectivity index (χ1) is 7.24. The lowest BCUT2D eigenvalue weighted by atomic mass is 10.2. The zero-order valence-electron chi connectivity index (χ0n) is 8.91. The molecule has 1 rings (SSSR count). The Bertz CT molecular complexity index is 294. The van der Waals surface area contributed by atoms with Gasteiger partial charge in [0, 0.05) is 23.9 Å². The average molecular weight is 229 g/mol. The van der Waals surface area contributed by atoms with Crippen LogP contribution in [0.1, 0.15) is 31.5 Å². The van der Waals surface area contributed by atoms with Crippen molar-refractivity contribution in [3.05, 3.63) is 29.0 Å². The van der Waals surface area contributed by atoms with E-state index in [0.717, 1.165) is 25.1 Å². The minimum atomic E-state index is 0.197. The van der Waals surface area contributed by atoms with Crippen LogP contribution in [0.5, 0.6) is 0 Å². The van der Waals surface area contributed by atoms with Gasteiger partial charge in [-0.2, -0.15) is 0 Å². The summed E-state index contributed by atoms with van der Waals surface area (Å²) in [5.74, 6) is 0. The molecule has 1 aromatic rings. The highest BCUT2D eigenvalue weighted by molar-refractivity contribution is 6.30. The van der Waals surface area contributed by atoms with Crippen molar-refractivity contribution in [2.75, 3.05) is 13.2 Å². The largest absolute Gasteiger partial charge is 0.396 e. The van der Waals surface area contributed by atoms with Gasteiger partial charge in [-0.3, -0.25) is 4.98 Å². The van der Waals surface area contributed by atoms with Crippen LogP contribution in [-0.4, -0.2) is 23.2 Å². The molecule has 0 aromatic carbocycles. The lowest BCUT2D eigenvalue weighted by Crippen LogP contribution is -2.20. The molecule has 1 aromatic heterocycles. The number of hydrogen-bond donors (Lipinski definition) is 2. The highest BCUT2D eigenvalue weighted by Crippen LogP contribution is 2.14. The zero-order valence-corrected chi connectivity index (χ0v) is 9.67. The molecule has 3 nitrogen and oxygen atoms in total. The third-order valence-corrected chi connectivity index (χ3v) is 2.46. The van der Waals surface area contributed by atoms with E-state index in [4.69, 9.17) is 16.7 Å². The van der Waals surface area contributed by atoms with E-state index in [-0.39, 0.29) is 12.6 Å². The zero-order chi connectivity index (χ0) is 11.1. The summed E-state index contributed by atoms with van der Waals surface area (Å²) in [7, 11) is 0. The Morgan fingerprint density at radius 2 is 2.33 bits per heavy atom. The smallest absolute Gasteiger partial charge is 0.0585 e. The van der Waals surface area contributed by atoms with Crippen molar-refractivity contribution in [1.82, 2.24) is 10.3 Å². The van der Waals surface area contributed by atoms with Gasteiger partial charge in [0.25, 0.3) is 0 Å². The summed E-state index contributed by atoms with van der Waals surface area (Å²) in [6, 6.07) is 3.83. The second-order valence-electron chi connectivity index (χ2n) is 3.51. The fourth-order valence-corrected chi connectivity index (χ4v) is 1.49. The number of nitrogens with one attached hydrogen (secondary N) is 1. The van der Waals surface area contributed by atoms with Crippen LogP contribution in [0.3, 0.4) is 0 Å². The van der Waals surface area contributed by atoms with Crippen LogP contribution in [0, 0.1) is 0 Å². The Balaban J connectivity index is 2.36. The Labute approximate surface area is 95.5 Å². The number of hydrogen-bond acceptors (Lipinski definition) is 3. The topological polar surface area (TPSA) is 45.1 Å². The van der Waals surface area contributed by atoms with Gasteiger partial charge in [-0.25, -0.2) is 0 Å². The predicted octanol–water partition coefficient (Wildman–Crippen LogP) is 2.16. The fraction of sp³-hybridized carbons (Fsp3) is 0.545. The minimum absolute atomic E-state index is 0.197. The van der Waals surface area contributed by atoms with Crippen molar-refractivity contribution in [2.45, 2.75) is 25.8 Å². The molecule has 0 amide bonds. The molecule has 2 N–H and O–H groups in total. The van der Waals surface area contributed by atoms with Crippen LogP contribution in [0.25, 0.3) is 0 Å². The molecule has 0 saturated carbocycles. The van der Waals surface area contributed by atoms with Crippen LogP contribution in [0.2, 0.25) is 5.02 Å². The SMILES string of the molecule is CC(NCCCCO)c1cc(Cl)ccn1. The summed E-state index contributed by atoms with van der Waals surface area (Å²) in [6.45, 7) is 3.19. The lowest BCUT2D eigenvalue weighted by molar-refractivity contribution is 0.283. The lowest BCUT2D eigenvalue weighted by Gasteiger charge is -2.12. The third-order valence-electron chi connectivity index (χ3n) is 2.22. The second kappa shape index (κ2) is 6.77. The molecular formula is C11H17ClN2O. The van der Waals surface area contributed by atoms with E-state index in [9.17, 15) is 0 Å². The first-order valence-electron chi connectivity index (χ1n) is 5.19. The maximum Gasteiger partial charge on any atom is 0.0585 e. The van der Waals surface area contributed by atoms with Gasteiger partial charge in [-0.05, 0) is 38.4 Å². The molecule has 1 unspecified atom stereocenters. The molecule has 1 heterocycles. The van der Waals surface area contributed by atoms with Crippen molar-refractivity contribution in [2.24, 2.45) is 0 Å². The van der Waals surface area contributed by atoms with Crippen LogP contribution in [0.15, 0.2) is 18.3 Å². The molecule has 0 aliphatic rings. The van der Waals surface area contributed by atoms with Crippen molar-refractivity contribution in [3.63, 3.8) is 0 Å². The molecule has 0 aliphatic heterocycles. The van der Waals surface area contributed by atoms with Crippen molar-refractivity contribution >= 4 is 11.6 Å². The van der Waals surface area contributed by atoms with E-state index in [1.807, 2.05) is 6.07 Å². The monoisotopic (exact) mass is 228 g/mol. The number of unbranched alkanes of at least 4 members (excludes halogenated alkanes) is 1. The minimum Gasteiger partial charge on any atom is -0.396 e. The van der Waals surface area contributed by atoms with E-state index in [2.05, 4.69) is 17.2 Å². The molecule has 0 radical (unpaired) electrons. The molecule has 0 spiro atoms. The number of halogens is 1. The number of aliphatic hydroxyl groups is 1. The number of pyridine rings is 1. The Hall–Kier alpha value is -0.640. The molecule has 15 heavy (non-hydrogen) atoms. The molecule has 84 valence electrons. The molecular weight excluding hydrogens is 212 g/mol. The Morgan fingerprint density at radius 3 is 3.00 bits per heavy atom. The standard InChI is InChI=1S/C11H17ClN2O/c1-9(13-5-2-3-7-15)11-8-10(12)4-6-14-11/h4,6,8-9,13,15H,2-3,5,7H2,1H3. The first kappa shape index (κ1) is 12.4. The van der Waals surface area contributed by atoms with Crippen LogP contribution in [-0.2, 0) is 0 Å². The quantitative estimate of drug-likeness (QED) is 0.734. The van der Waals surface area contributed by atoms with E-state index in [1.165, 1.54) is 0 Å². The van der Waals surface area contributed by atoms with Crippen molar-refractivity contribution < 1.29 is 5.11 Å². The summed E-state index contributed by atoms with van der Waals surface area (Å²) >= 11 is 5.87. The second-order valence-corrected chi connectivity index (χ2v) is 3.94. The third kappa shape index (κ3) is 4.60. The normalized spacial score (nSPS) is 12.7. The summed E-state index contributed by atoms with van der Waals surface area (Å²) in [5, 5.41) is 12.7. The van der Waals surface area contributed by atoms with Gasteiger partial charge in [0.2, 0.25) is 0 Å². The van der Waals surface area contributed by atoms with Gasteiger partial charge in [-0.15, -0.1) is 0 Å². The molecule has 0 fully saturated rings. The Kier molecular flexibility index (Phi) is 5.61. The maximum absolute atomic E-state index is 8.63. The van der Waals surface area contributed by atoms with E-state index >= 15 is 0 Å². The number of aliphatic hydroxyl groups excluding tert-OH is 1. The predicted molar refractivity (Wildman–Crippen MR) is 62.0 cm³/mol. The summed E-state index contributed by atoms with van der Waals surface area (Å²) in [5.41, 5.74) is 0.950. The number of aromatic nitrogens is 1. The molecule has 0 bridgehead atoms. The highest BCUT2D eigenvalue weighted by Gasteiger charge is 2.05. The van der Waals surface area contributed by atoms with Gasteiger partial charge >= 0.3 is 0 Å². The van der Waals surface area contributed by atoms with Crippen LogP contribution >= 0.6 is 11.6 Å². The van der Waals surface area contributed by atoms with E-state index in [1.54, 1.807) is 12.3 Å². The maximum atomic E-state index is 8.63. The van der Waals surface area contributed by atoms with Gasteiger partial charge < -0.3 is 10.4 Å². The Morgan fingerprint density at radius 1 is 1.53 bits per heavy atom. The highest BCUT2D eigenvalue weighted by atomic mass is 35.5. The van der Waals surface area contributed by atoms with Gasteiger partial charge in [0.1, 0.15) is 0 Å². The molecule has 0 aliphatic carbocycles. The van der Waals surface area contributed by atoms with Crippen molar-refractivity contribution in [3.8, 4) is 0 Å². The van der Waals surface area contributed by atoms with Gasteiger partial charge in [0.15, 0.2) is 0 Å². The molecule has 0 saturated heterocycles. The average Bonchev–Trinajstić information content (AvgIpc) is 2.24. The van der Waals surface area contributed by atoms with Crippen LogP contribution in [0.4, 0.5) is 0 Å². The molecule has 4 heteroatoms. The number of nitrogens with zero attached hydrogens (tertiary/aromatic N) is 1. The summed E-state index contributed by atoms with van der Waals surface area (Å²) < 4.78 is 0. The molecule has 1 atom stereocenters. The van der Waals surface area contributed by atoms with Gasteiger partial charge in [0.05, 0.1) is 5.69 Å². The summed E-state index contributed by atoms with van der Waals surface area (Å²) in [4.78, 5) is 4.24. The fourth-order valence-electron chi connectivity index (χ4n) is 1.32. The van der Waals surface area contributed by atoms with E-state index in [0.29, 0.717) is 5.02 Å². The van der Waals surface area contributed by atoms with Gasteiger partial charge in [-0.1, -0.05) is 11.6 Å². The first-order valence-corrected chi connectivity index (χ1v) is 5.57. The van der Waals surface area contributed by atoms with Crippen LogP contribution < -0.4 is 5.32 Å². The number of rotatable bonds is 6. The summed E-state index contributed by atoms with van der Waals surface area (Å²) in [6.07, 6.45) is 3.52.